The summed E-state index contributed by atoms with van der Waals surface area (Å²) in [4.78, 5) is 17.0. The van der Waals surface area contributed by atoms with Crippen LogP contribution in [-0.4, -0.2) is 22.9 Å². The van der Waals surface area contributed by atoms with E-state index in [4.69, 9.17) is 0 Å². The minimum absolute atomic E-state index is 0.0713. The maximum Gasteiger partial charge on any atom is 0.254 e. The molecule has 2 aliphatic rings. The summed E-state index contributed by atoms with van der Waals surface area (Å²) >= 11 is 0. The fraction of sp³-hybridized carbons (Fsp3) is 0.857. The predicted molar refractivity (Wildman–Crippen MR) is 73.4 cm³/mol. The minimum Gasteiger partial charge on any atom is -0.351 e. The summed E-state index contributed by atoms with van der Waals surface area (Å²) < 4.78 is 0. The van der Waals surface area contributed by atoms with Crippen molar-refractivity contribution in [1.29, 1.82) is 0 Å². The number of amides is 1. The molecule has 1 amide bonds. The van der Waals surface area contributed by atoms with Gasteiger partial charge in [-0.25, -0.2) is 4.99 Å². The van der Waals surface area contributed by atoms with Crippen molar-refractivity contribution in [3.63, 3.8) is 0 Å². The second kappa shape index (κ2) is 3.97. The number of rotatable bonds is 0. The Labute approximate surface area is 110 Å². The molecule has 2 rings (SSSR count). The van der Waals surface area contributed by atoms with Crippen molar-refractivity contribution in [2.24, 2.45) is 10.4 Å². The van der Waals surface area contributed by atoms with Gasteiger partial charge in [0.1, 0.15) is 5.54 Å². The molecule has 1 aliphatic heterocycles. The first-order valence-electron chi connectivity index (χ1n) is 6.82. The highest BCUT2D eigenvalue weighted by molar-refractivity contribution is 6.07. The van der Waals surface area contributed by atoms with Gasteiger partial charge in [-0.3, -0.25) is 10.1 Å². The standard InChI is InChI=1S/C14H25N3O/c1-12(2,3)16-11-15-10(18)14(17-11)8-6-7-13(4,5)9-14/h6-9H2,1-5H3,(H2,15,16,17,18). The van der Waals surface area contributed by atoms with Gasteiger partial charge in [0.15, 0.2) is 5.96 Å². The zero-order chi connectivity index (χ0) is 13.6. The summed E-state index contributed by atoms with van der Waals surface area (Å²) in [5.41, 5.74) is -0.395. The Bertz CT molecular complexity index is 392. The summed E-state index contributed by atoms with van der Waals surface area (Å²) in [6, 6.07) is 0. The van der Waals surface area contributed by atoms with Crippen molar-refractivity contribution in [3.8, 4) is 0 Å². The first-order chi connectivity index (χ1) is 8.12. The third-order valence-corrected chi connectivity index (χ3v) is 3.69. The van der Waals surface area contributed by atoms with E-state index >= 15 is 0 Å². The third-order valence-electron chi connectivity index (χ3n) is 3.69. The van der Waals surface area contributed by atoms with E-state index in [9.17, 15) is 4.79 Å². The molecule has 102 valence electrons. The number of nitrogens with zero attached hydrogens (tertiary/aromatic N) is 1. The lowest BCUT2D eigenvalue weighted by Crippen LogP contribution is -2.48. The Morgan fingerprint density at radius 3 is 2.50 bits per heavy atom. The highest BCUT2D eigenvalue weighted by Crippen LogP contribution is 2.44. The Morgan fingerprint density at radius 1 is 1.28 bits per heavy atom. The van der Waals surface area contributed by atoms with E-state index in [1.807, 2.05) is 0 Å². The molecule has 0 aromatic carbocycles. The van der Waals surface area contributed by atoms with Crippen LogP contribution >= 0.6 is 0 Å². The summed E-state index contributed by atoms with van der Waals surface area (Å²) in [6.07, 6.45) is 3.98. The summed E-state index contributed by atoms with van der Waals surface area (Å²) in [7, 11) is 0. The average Bonchev–Trinajstić information content (AvgIpc) is 2.37. The maximum absolute atomic E-state index is 12.3. The number of carbonyl (C=O) groups is 1. The Morgan fingerprint density at radius 2 is 1.94 bits per heavy atom. The van der Waals surface area contributed by atoms with Crippen LogP contribution in [0.15, 0.2) is 4.99 Å². The number of hydrogen-bond donors (Lipinski definition) is 2. The van der Waals surface area contributed by atoms with Crippen LogP contribution in [0.5, 0.6) is 0 Å². The summed E-state index contributed by atoms with van der Waals surface area (Å²) in [6.45, 7) is 10.7. The van der Waals surface area contributed by atoms with Crippen molar-refractivity contribution in [2.75, 3.05) is 0 Å². The van der Waals surface area contributed by atoms with Crippen LogP contribution in [0.3, 0.4) is 0 Å². The molecule has 0 saturated heterocycles. The smallest absolute Gasteiger partial charge is 0.254 e. The van der Waals surface area contributed by atoms with Gasteiger partial charge in [0.05, 0.1) is 0 Å². The van der Waals surface area contributed by atoms with Crippen molar-refractivity contribution in [3.05, 3.63) is 0 Å². The molecular formula is C14H25N3O. The van der Waals surface area contributed by atoms with Crippen molar-refractivity contribution < 1.29 is 4.79 Å². The van der Waals surface area contributed by atoms with E-state index in [0.29, 0.717) is 5.96 Å². The molecule has 1 heterocycles. The van der Waals surface area contributed by atoms with Gasteiger partial charge < -0.3 is 5.32 Å². The molecule has 0 radical (unpaired) electrons. The van der Waals surface area contributed by atoms with Gasteiger partial charge in [-0.05, 0) is 51.9 Å². The van der Waals surface area contributed by atoms with Gasteiger partial charge in [-0.15, -0.1) is 0 Å². The molecule has 1 fully saturated rings. The van der Waals surface area contributed by atoms with Gasteiger partial charge in [0, 0.05) is 5.54 Å². The van der Waals surface area contributed by atoms with Crippen molar-refractivity contribution >= 4 is 11.9 Å². The number of guanidine groups is 1. The number of aliphatic imine (C=N–C) groups is 1. The third kappa shape index (κ3) is 2.68. The molecule has 1 atom stereocenters. The molecule has 18 heavy (non-hydrogen) atoms. The molecule has 1 spiro atoms. The van der Waals surface area contributed by atoms with E-state index in [2.05, 4.69) is 50.2 Å². The van der Waals surface area contributed by atoms with E-state index in [0.717, 1.165) is 19.3 Å². The molecule has 0 aromatic heterocycles. The van der Waals surface area contributed by atoms with E-state index < -0.39 is 5.54 Å². The molecule has 4 heteroatoms. The van der Waals surface area contributed by atoms with Gasteiger partial charge in [0.25, 0.3) is 5.91 Å². The fourth-order valence-electron chi connectivity index (χ4n) is 3.05. The predicted octanol–water partition coefficient (Wildman–Crippen LogP) is 2.20. The maximum atomic E-state index is 12.3. The zero-order valence-corrected chi connectivity index (χ0v) is 12.2. The quantitative estimate of drug-likeness (QED) is 0.693. The normalized spacial score (nSPS) is 31.2. The van der Waals surface area contributed by atoms with E-state index in [-0.39, 0.29) is 16.9 Å². The molecule has 0 aromatic rings. The highest BCUT2D eigenvalue weighted by atomic mass is 16.2. The van der Waals surface area contributed by atoms with Crippen molar-refractivity contribution in [1.82, 2.24) is 10.6 Å². The van der Waals surface area contributed by atoms with Gasteiger partial charge in [-0.1, -0.05) is 13.8 Å². The fourth-order valence-corrected chi connectivity index (χ4v) is 3.05. The van der Waals surface area contributed by atoms with Gasteiger partial charge >= 0.3 is 0 Å². The van der Waals surface area contributed by atoms with Gasteiger partial charge in [-0.2, -0.15) is 0 Å². The molecule has 2 N–H and O–H groups in total. The lowest BCUT2D eigenvalue weighted by Gasteiger charge is -2.38. The Balaban J connectivity index is 2.20. The average molecular weight is 251 g/mol. The van der Waals surface area contributed by atoms with Crippen LogP contribution < -0.4 is 10.6 Å². The number of hydrogen-bond acceptors (Lipinski definition) is 3. The van der Waals surface area contributed by atoms with Gasteiger partial charge in [0.2, 0.25) is 0 Å². The van der Waals surface area contributed by atoms with Crippen LogP contribution in [0.4, 0.5) is 0 Å². The molecule has 1 saturated carbocycles. The Kier molecular flexibility index (Phi) is 2.95. The Hall–Kier alpha value is -1.06. The summed E-state index contributed by atoms with van der Waals surface area (Å²) in [5, 5.41) is 6.17. The van der Waals surface area contributed by atoms with Crippen LogP contribution in [-0.2, 0) is 4.79 Å². The van der Waals surface area contributed by atoms with E-state index in [1.165, 1.54) is 6.42 Å². The summed E-state index contributed by atoms with van der Waals surface area (Å²) in [5.74, 6) is 0.715. The monoisotopic (exact) mass is 251 g/mol. The van der Waals surface area contributed by atoms with Crippen LogP contribution in [0.25, 0.3) is 0 Å². The lowest BCUT2D eigenvalue weighted by molar-refractivity contribution is -0.126. The molecule has 1 aliphatic carbocycles. The van der Waals surface area contributed by atoms with Crippen LogP contribution in [0, 0.1) is 5.41 Å². The van der Waals surface area contributed by atoms with E-state index in [1.54, 1.807) is 0 Å². The number of carbonyl (C=O) groups excluding carboxylic acids is 1. The SMILES string of the molecule is CC1(C)CCCC2(C1)N=C(NC(C)(C)C)NC2=O. The minimum atomic E-state index is -0.519. The molecule has 4 nitrogen and oxygen atoms in total. The largest absolute Gasteiger partial charge is 0.351 e. The van der Waals surface area contributed by atoms with Crippen molar-refractivity contribution in [2.45, 2.75) is 71.4 Å². The highest BCUT2D eigenvalue weighted by Gasteiger charge is 2.49. The second-order valence-electron chi connectivity index (χ2n) is 7.52. The second-order valence-corrected chi connectivity index (χ2v) is 7.52. The molecular weight excluding hydrogens is 226 g/mol. The lowest BCUT2D eigenvalue weighted by atomic mass is 9.68. The zero-order valence-electron chi connectivity index (χ0n) is 12.2. The van der Waals surface area contributed by atoms with Crippen LogP contribution in [0.1, 0.15) is 60.3 Å². The molecule has 1 unspecified atom stereocenters. The molecule has 0 bridgehead atoms. The van der Waals surface area contributed by atoms with Crippen LogP contribution in [0.2, 0.25) is 0 Å². The number of nitrogens with one attached hydrogen (secondary N) is 2. The first-order valence-corrected chi connectivity index (χ1v) is 6.82. The topological polar surface area (TPSA) is 53.5 Å². The first kappa shape index (κ1) is 13.4.